The Kier molecular flexibility index (Phi) is 7.40. The lowest BCUT2D eigenvalue weighted by Gasteiger charge is -2.19. The number of hydrogen-bond acceptors (Lipinski definition) is 3. The lowest BCUT2D eigenvalue weighted by atomic mass is 9.85. The molecule has 0 aliphatic carbocycles. The van der Waals surface area contributed by atoms with Gasteiger partial charge in [-0.3, -0.25) is 0 Å². The van der Waals surface area contributed by atoms with E-state index in [2.05, 4.69) is 38.1 Å². The number of carboxylic acids is 1. The second-order valence-corrected chi connectivity index (χ2v) is 7.50. The number of hydrogen-bond donors (Lipinski definition) is 3. The highest BCUT2D eigenvalue weighted by Gasteiger charge is 2.16. The van der Waals surface area contributed by atoms with E-state index in [0.717, 1.165) is 41.2 Å². The van der Waals surface area contributed by atoms with Gasteiger partial charge in [0.05, 0.1) is 0 Å². The summed E-state index contributed by atoms with van der Waals surface area (Å²) in [5, 5.41) is 16.6. The highest BCUT2D eigenvalue weighted by atomic mass is 16.4. The molecular formula is C28H28N2O2. The summed E-state index contributed by atoms with van der Waals surface area (Å²) in [6, 6.07) is 22.1. The maximum atomic E-state index is 10.8. The number of allylic oxidation sites excluding steroid dienone is 1. The summed E-state index contributed by atoms with van der Waals surface area (Å²) in [7, 11) is 0. The number of benzene rings is 3. The number of nitrogens with one attached hydrogen (secondary N) is 1. The van der Waals surface area contributed by atoms with E-state index in [1.165, 1.54) is 22.9 Å². The van der Waals surface area contributed by atoms with Crippen LogP contribution in [0.2, 0.25) is 0 Å². The Bertz CT molecular complexity index is 1190. The molecule has 0 fully saturated rings. The molecular weight excluding hydrogens is 396 g/mol. The summed E-state index contributed by atoms with van der Waals surface area (Å²) in [5.74, 6) is -0.972. The van der Waals surface area contributed by atoms with Crippen LogP contribution < -0.4 is 5.73 Å². The van der Waals surface area contributed by atoms with Crippen molar-refractivity contribution in [1.29, 1.82) is 5.41 Å². The Morgan fingerprint density at radius 2 is 1.69 bits per heavy atom. The molecule has 0 amide bonds. The number of anilines is 1. The quantitative estimate of drug-likeness (QED) is 0.172. The topological polar surface area (TPSA) is 87.2 Å². The zero-order valence-corrected chi connectivity index (χ0v) is 18.4. The summed E-state index contributed by atoms with van der Waals surface area (Å²) >= 11 is 0. The summed E-state index contributed by atoms with van der Waals surface area (Å²) < 4.78 is 0. The van der Waals surface area contributed by atoms with Crippen LogP contribution in [0.4, 0.5) is 5.69 Å². The minimum absolute atomic E-state index is 0.573. The summed E-state index contributed by atoms with van der Waals surface area (Å²) in [6.07, 6.45) is 5.76. The van der Waals surface area contributed by atoms with Crippen molar-refractivity contribution in [2.24, 2.45) is 0 Å². The predicted molar refractivity (Wildman–Crippen MR) is 134 cm³/mol. The van der Waals surface area contributed by atoms with E-state index in [0.29, 0.717) is 11.3 Å². The van der Waals surface area contributed by atoms with Crippen LogP contribution in [0.3, 0.4) is 0 Å². The second kappa shape index (κ2) is 10.4. The van der Waals surface area contributed by atoms with Crippen molar-refractivity contribution in [1.82, 2.24) is 0 Å². The number of nitrogen functional groups attached to an aromatic ring is 1. The van der Waals surface area contributed by atoms with E-state index < -0.39 is 5.97 Å². The van der Waals surface area contributed by atoms with Gasteiger partial charge in [-0.05, 0) is 70.0 Å². The van der Waals surface area contributed by atoms with Crippen LogP contribution >= 0.6 is 0 Å². The number of carboxylic acid groups (broad SMARTS) is 1. The molecule has 3 aromatic carbocycles. The first kappa shape index (κ1) is 22.8. The van der Waals surface area contributed by atoms with Crippen LogP contribution in [0, 0.1) is 5.41 Å². The predicted octanol–water partition coefficient (Wildman–Crippen LogP) is 6.30. The normalized spacial score (nSPS) is 11.9. The fourth-order valence-electron chi connectivity index (χ4n) is 3.92. The van der Waals surface area contributed by atoms with Gasteiger partial charge in [-0.25, -0.2) is 4.79 Å². The highest BCUT2D eigenvalue weighted by Crippen LogP contribution is 2.36. The molecule has 3 rings (SSSR count). The molecule has 32 heavy (non-hydrogen) atoms. The standard InChI is InChI=1S/C28H28N2O2/c1-3-20-7-5-6-8-25(20)24(4-2)28(22-14-15-26(30)23(17-22)18-29)21-12-9-19(10-13-21)11-16-27(31)32/h5-18,29H,3-4,30H2,1-2H3,(H,31,32)/b16-11+,28-24+,29-18?. The Balaban J connectivity index is 2.27. The zero-order chi connectivity index (χ0) is 23.1. The van der Waals surface area contributed by atoms with Crippen molar-refractivity contribution in [3.05, 3.63) is 106 Å². The van der Waals surface area contributed by atoms with E-state index in [1.54, 1.807) is 6.08 Å². The van der Waals surface area contributed by atoms with E-state index >= 15 is 0 Å². The van der Waals surface area contributed by atoms with Crippen molar-refractivity contribution < 1.29 is 9.90 Å². The molecule has 0 radical (unpaired) electrons. The average Bonchev–Trinajstić information content (AvgIpc) is 2.82. The summed E-state index contributed by atoms with van der Waals surface area (Å²) in [5.41, 5.74) is 15.0. The van der Waals surface area contributed by atoms with Gasteiger partial charge in [0.1, 0.15) is 0 Å². The summed E-state index contributed by atoms with van der Waals surface area (Å²) in [4.78, 5) is 10.8. The minimum atomic E-state index is -0.972. The second-order valence-electron chi connectivity index (χ2n) is 7.50. The molecule has 4 N–H and O–H groups in total. The third-order valence-corrected chi connectivity index (χ3v) is 5.53. The number of carbonyl (C=O) groups is 1. The van der Waals surface area contributed by atoms with Crippen LogP contribution in [-0.4, -0.2) is 17.3 Å². The van der Waals surface area contributed by atoms with Gasteiger partial charge < -0.3 is 16.2 Å². The monoisotopic (exact) mass is 424 g/mol. The maximum absolute atomic E-state index is 10.8. The fraction of sp³-hybridized carbons (Fsp3) is 0.143. The first-order valence-electron chi connectivity index (χ1n) is 10.7. The van der Waals surface area contributed by atoms with Gasteiger partial charge in [-0.2, -0.15) is 0 Å². The van der Waals surface area contributed by atoms with Crippen LogP contribution in [-0.2, 0) is 11.2 Å². The van der Waals surface area contributed by atoms with E-state index in [9.17, 15) is 4.79 Å². The highest BCUT2D eigenvalue weighted by molar-refractivity contribution is 6.00. The van der Waals surface area contributed by atoms with Crippen LogP contribution in [0.5, 0.6) is 0 Å². The Labute approximate surface area is 189 Å². The average molecular weight is 425 g/mol. The molecule has 0 aromatic heterocycles. The molecule has 3 aromatic rings. The largest absolute Gasteiger partial charge is 0.478 e. The minimum Gasteiger partial charge on any atom is -0.478 e. The number of aliphatic carboxylic acids is 1. The molecule has 0 saturated carbocycles. The van der Waals surface area contributed by atoms with Crippen LogP contribution in [0.15, 0.2) is 72.8 Å². The van der Waals surface area contributed by atoms with Gasteiger partial charge in [0.2, 0.25) is 0 Å². The van der Waals surface area contributed by atoms with E-state index in [-0.39, 0.29) is 0 Å². The van der Waals surface area contributed by atoms with Gasteiger partial charge >= 0.3 is 5.97 Å². The molecule has 0 bridgehead atoms. The van der Waals surface area contributed by atoms with E-state index in [1.807, 2.05) is 42.5 Å². The van der Waals surface area contributed by atoms with Crippen molar-refractivity contribution >= 4 is 35.1 Å². The van der Waals surface area contributed by atoms with Crippen molar-refractivity contribution in [2.75, 3.05) is 5.73 Å². The molecule has 0 aliphatic heterocycles. The van der Waals surface area contributed by atoms with Crippen molar-refractivity contribution in [2.45, 2.75) is 26.7 Å². The first-order chi connectivity index (χ1) is 15.5. The van der Waals surface area contributed by atoms with Gasteiger partial charge in [-0.15, -0.1) is 0 Å². The van der Waals surface area contributed by atoms with Crippen molar-refractivity contribution in [3.63, 3.8) is 0 Å². The smallest absolute Gasteiger partial charge is 0.328 e. The SMILES string of the molecule is CC/C(=C(/c1ccc(/C=C/C(=O)O)cc1)c1ccc(N)c(C=N)c1)c1ccccc1CC. The van der Waals surface area contributed by atoms with Crippen LogP contribution in [0.25, 0.3) is 17.2 Å². The van der Waals surface area contributed by atoms with Crippen LogP contribution in [0.1, 0.15) is 53.6 Å². The Morgan fingerprint density at radius 1 is 1.00 bits per heavy atom. The Hall–Kier alpha value is -3.92. The molecule has 0 spiro atoms. The number of aryl methyl sites for hydroxylation is 1. The lowest BCUT2D eigenvalue weighted by molar-refractivity contribution is -0.131. The van der Waals surface area contributed by atoms with Gasteiger partial charge in [0.25, 0.3) is 0 Å². The zero-order valence-electron chi connectivity index (χ0n) is 18.4. The maximum Gasteiger partial charge on any atom is 0.328 e. The first-order valence-corrected chi connectivity index (χ1v) is 10.7. The third kappa shape index (κ3) is 5.03. The molecule has 0 saturated heterocycles. The van der Waals surface area contributed by atoms with Gasteiger partial charge in [0, 0.05) is 23.5 Å². The molecule has 4 nitrogen and oxygen atoms in total. The lowest BCUT2D eigenvalue weighted by Crippen LogP contribution is -2.00. The molecule has 162 valence electrons. The summed E-state index contributed by atoms with van der Waals surface area (Å²) in [6.45, 7) is 4.31. The molecule has 0 aliphatic rings. The molecule has 0 atom stereocenters. The number of nitrogens with two attached hydrogens (primary N) is 1. The van der Waals surface area contributed by atoms with Gasteiger partial charge in [0.15, 0.2) is 0 Å². The van der Waals surface area contributed by atoms with E-state index in [4.69, 9.17) is 16.2 Å². The molecule has 0 heterocycles. The molecule has 4 heteroatoms. The van der Waals surface area contributed by atoms with Crippen molar-refractivity contribution in [3.8, 4) is 0 Å². The molecule has 0 unspecified atom stereocenters. The number of rotatable bonds is 8. The third-order valence-electron chi connectivity index (χ3n) is 5.53. The fourth-order valence-corrected chi connectivity index (χ4v) is 3.92. The Morgan fingerprint density at radius 3 is 2.31 bits per heavy atom. The van der Waals surface area contributed by atoms with Gasteiger partial charge in [-0.1, -0.05) is 68.4 Å².